The molecule has 0 bridgehead atoms. The number of rotatable bonds is 7. The van der Waals surface area contributed by atoms with Crippen molar-refractivity contribution in [3.63, 3.8) is 0 Å². The molecule has 3 N–H and O–H groups in total. The van der Waals surface area contributed by atoms with Gasteiger partial charge in [-0.15, -0.1) is 0 Å². The molecule has 1 atom stereocenters. The van der Waals surface area contributed by atoms with Crippen LogP contribution in [-0.4, -0.2) is 32.7 Å². The van der Waals surface area contributed by atoms with E-state index in [9.17, 15) is 27.5 Å². The minimum atomic E-state index is -1.38. The van der Waals surface area contributed by atoms with E-state index in [4.69, 9.17) is 0 Å². The highest BCUT2D eigenvalue weighted by Crippen LogP contribution is 2.25. The topological polar surface area (TPSA) is 90.4 Å². The molecule has 2 amide bonds. The Labute approximate surface area is 193 Å². The van der Waals surface area contributed by atoms with Gasteiger partial charge in [0.1, 0.15) is 17.5 Å². The molecule has 0 aliphatic carbocycles. The van der Waals surface area contributed by atoms with Crippen molar-refractivity contribution in [3.8, 4) is 0 Å². The van der Waals surface area contributed by atoms with Gasteiger partial charge in [-0.2, -0.15) is 4.98 Å². The summed E-state index contributed by atoms with van der Waals surface area (Å²) >= 11 is 0. The Kier molecular flexibility index (Phi) is 7.35. The van der Waals surface area contributed by atoms with E-state index >= 15 is 0 Å². The van der Waals surface area contributed by atoms with Gasteiger partial charge in [0, 0.05) is 30.4 Å². The molecule has 0 aliphatic heterocycles. The molecular weight excluding hydrogens is 454 g/mol. The highest BCUT2D eigenvalue weighted by atomic mass is 19.2. The number of aliphatic hydroxyl groups is 1. The Morgan fingerprint density at radius 1 is 1.09 bits per heavy atom. The minimum absolute atomic E-state index is 0.0652. The maximum atomic E-state index is 14.0. The summed E-state index contributed by atoms with van der Waals surface area (Å²) in [6.45, 7) is 4.39. The van der Waals surface area contributed by atoms with Gasteiger partial charge in [0.05, 0.1) is 17.3 Å². The number of anilines is 3. The average molecular weight is 477 g/mol. The van der Waals surface area contributed by atoms with Crippen molar-refractivity contribution in [2.45, 2.75) is 39.0 Å². The SMILES string of the molecule is CC(Nc1nccc(N(C(=O)NCc2cc(F)cc(F)c2F)c2ccc(F)cc2)n1)C(C)(C)O. The number of amides is 2. The molecule has 34 heavy (non-hydrogen) atoms. The van der Waals surface area contributed by atoms with Crippen molar-refractivity contribution >= 4 is 23.5 Å². The Morgan fingerprint density at radius 3 is 2.41 bits per heavy atom. The summed E-state index contributed by atoms with van der Waals surface area (Å²) in [6, 6.07) is 6.21. The average Bonchev–Trinajstić information content (AvgIpc) is 2.76. The van der Waals surface area contributed by atoms with Gasteiger partial charge in [0.15, 0.2) is 11.6 Å². The largest absolute Gasteiger partial charge is 0.388 e. The smallest absolute Gasteiger partial charge is 0.327 e. The van der Waals surface area contributed by atoms with E-state index in [0.717, 1.165) is 23.1 Å². The van der Waals surface area contributed by atoms with Crippen LogP contribution in [0.25, 0.3) is 0 Å². The van der Waals surface area contributed by atoms with Crippen LogP contribution in [0, 0.1) is 23.3 Å². The van der Waals surface area contributed by atoms with Crippen molar-refractivity contribution in [1.82, 2.24) is 15.3 Å². The van der Waals surface area contributed by atoms with E-state index in [0.29, 0.717) is 6.07 Å². The third kappa shape index (κ3) is 5.98. The predicted octanol–water partition coefficient (Wildman–Crippen LogP) is 4.65. The number of aromatic nitrogens is 2. The van der Waals surface area contributed by atoms with Crippen molar-refractivity contribution in [1.29, 1.82) is 0 Å². The molecule has 2 aromatic carbocycles. The molecular formula is C23H23F4N5O2. The fourth-order valence-electron chi connectivity index (χ4n) is 2.85. The van der Waals surface area contributed by atoms with E-state index in [1.54, 1.807) is 20.8 Å². The summed E-state index contributed by atoms with van der Waals surface area (Å²) in [6.07, 6.45) is 1.37. The van der Waals surface area contributed by atoms with Crippen LogP contribution < -0.4 is 15.5 Å². The van der Waals surface area contributed by atoms with Gasteiger partial charge in [-0.25, -0.2) is 32.2 Å². The monoisotopic (exact) mass is 477 g/mol. The Balaban J connectivity index is 1.91. The Bertz CT molecular complexity index is 1170. The maximum absolute atomic E-state index is 14.0. The Morgan fingerprint density at radius 2 is 1.76 bits per heavy atom. The summed E-state index contributed by atoms with van der Waals surface area (Å²) in [5, 5.41) is 15.5. The molecule has 0 radical (unpaired) electrons. The van der Waals surface area contributed by atoms with Gasteiger partial charge in [-0.3, -0.25) is 0 Å². The predicted molar refractivity (Wildman–Crippen MR) is 119 cm³/mol. The van der Waals surface area contributed by atoms with Gasteiger partial charge < -0.3 is 15.7 Å². The third-order valence-electron chi connectivity index (χ3n) is 5.06. The van der Waals surface area contributed by atoms with Crippen molar-refractivity contribution in [2.75, 3.05) is 10.2 Å². The normalized spacial score (nSPS) is 12.2. The second kappa shape index (κ2) is 10.0. The van der Waals surface area contributed by atoms with Crippen LogP contribution in [0.3, 0.4) is 0 Å². The lowest BCUT2D eigenvalue weighted by molar-refractivity contribution is 0.0646. The second-order valence-corrected chi connectivity index (χ2v) is 8.09. The molecule has 0 aliphatic rings. The number of nitrogens with one attached hydrogen (secondary N) is 2. The van der Waals surface area contributed by atoms with Crippen LogP contribution in [-0.2, 0) is 6.54 Å². The first-order valence-corrected chi connectivity index (χ1v) is 10.2. The van der Waals surface area contributed by atoms with Crippen molar-refractivity contribution < 1.29 is 27.5 Å². The molecule has 0 spiro atoms. The number of carbonyl (C=O) groups excluding carboxylic acids is 1. The number of halogens is 4. The van der Waals surface area contributed by atoms with Crippen molar-refractivity contribution in [3.05, 3.63) is 77.5 Å². The van der Waals surface area contributed by atoms with Gasteiger partial charge >= 0.3 is 6.03 Å². The van der Waals surface area contributed by atoms with Crippen molar-refractivity contribution in [2.24, 2.45) is 0 Å². The number of benzene rings is 2. The lowest BCUT2D eigenvalue weighted by Crippen LogP contribution is -2.40. The van der Waals surface area contributed by atoms with Crippen LogP contribution >= 0.6 is 0 Å². The van der Waals surface area contributed by atoms with Crippen LogP contribution in [0.1, 0.15) is 26.3 Å². The highest BCUT2D eigenvalue weighted by molar-refractivity contribution is 5.98. The number of nitrogens with zero attached hydrogens (tertiary/aromatic N) is 3. The van der Waals surface area contributed by atoms with E-state index in [1.807, 2.05) is 0 Å². The standard InChI is InChI=1S/C23H23F4N5O2/c1-13(23(2,3)34)30-21-28-9-8-19(31-21)32(17-6-4-15(24)5-7-17)22(33)29-12-14-10-16(25)11-18(26)20(14)27/h4-11,13,34H,12H2,1-3H3,(H,29,33)(H,28,30,31). The van der Waals surface area contributed by atoms with Crippen LogP contribution in [0.5, 0.6) is 0 Å². The van der Waals surface area contributed by atoms with Crippen LogP contribution in [0.15, 0.2) is 48.7 Å². The van der Waals surface area contributed by atoms with E-state index in [1.165, 1.54) is 24.4 Å². The number of carbonyl (C=O) groups is 1. The van der Waals surface area contributed by atoms with Crippen LogP contribution in [0.4, 0.5) is 39.8 Å². The second-order valence-electron chi connectivity index (χ2n) is 8.09. The first-order chi connectivity index (χ1) is 16.0. The summed E-state index contributed by atoms with van der Waals surface area (Å²) in [4.78, 5) is 22.5. The molecule has 3 rings (SSSR count). The fraction of sp³-hybridized carbons (Fsp3) is 0.261. The van der Waals surface area contributed by atoms with Gasteiger partial charge in [-0.05, 0) is 51.1 Å². The Hall–Kier alpha value is -3.73. The summed E-state index contributed by atoms with van der Waals surface area (Å²) in [5.41, 5.74) is -1.28. The van der Waals surface area contributed by atoms with Gasteiger partial charge in [0.2, 0.25) is 5.95 Å². The summed E-state index contributed by atoms with van der Waals surface area (Å²) in [5.74, 6) is -4.03. The zero-order valence-electron chi connectivity index (χ0n) is 18.6. The minimum Gasteiger partial charge on any atom is -0.388 e. The summed E-state index contributed by atoms with van der Waals surface area (Å²) in [7, 11) is 0. The molecule has 180 valence electrons. The molecule has 1 unspecified atom stereocenters. The molecule has 0 saturated carbocycles. The molecule has 3 aromatic rings. The first-order valence-electron chi connectivity index (χ1n) is 10.2. The maximum Gasteiger partial charge on any atom is 0.327 e. The number of hydrogen-bond acceptors (Lipinski definition) is 5. The third-order valence-corrected chi connectivity index (χ3v) is 5.06. The van der Waals surface area contributed by atoms with E-state index < -0.39 is 53.1 Å². The lowest BCUT2D eigenvalue weighted by Gasteiger charge is -2.27. The molecule has 11 heteroatoms. The van der Waals surface area contributed by atoms with Crippen LogP contribution in [0.2, 0.25) is 0 Å². The van der Waals surface area contributed by atoms with E-state index in [-0.39, 0.29) is 17.5 Å². The molecule has 1 aromatic heterocycles. The fourth-order valence-corrected chi connectivity index (χ4v) is 2.85. The highest BCUT2D eigenvalue weighted by Gasteiger charge is 2.25. The molecule has 7 nitrogen and oxygen atoms in total. The zero-order chi connectivity index (χ0) is 25.0. The first kappa shape index (κ1) is 24.9. The summed E-state index contributed by atoms with van der Waals surface area (Å²) < 4.78 is 54.5. The lowest BCUT2D eigenvalue weighted by atomic mass is 10.0. The number of urea groups is 1. The van der Waals surface area contributed by atoms with Gasteiger partial charge in [-0.1, -0.05) is 0 Å². The number of hydrogen-bond donors (Lipinski definition) is 3. The van der Waals surface area contributed by atoms with E-state index in [2.05, 4.69) is 20.6 Å². The quantitative estimate of drug-likeness (QED) is 0.340. The molecule has 0 saturated heterocycles. The van der Waals surface area contributed by atoms with Gasteiger partial charge in [0.25, 0.3) is 0 Å². The molecule has 1 heterocycles. The zero-order valence-corrected chi connectivity index (χ0v) is 18.6. The molecule has 0 fully saturated rings.